The molecule has 4 nitrogen and oxygen atoms in total. The summed E-state index contributed by atoms with van der Waals surface area (Å²) in [4.78, 5) is 15.6. The zero-order chi connectivity index (χ0) is 18.2. The van der Waals surface area contributed by atoms with Crippen LogP contribution >= 0.6 is 0 Å². The fourth-order valence-electron chi connectivity index (χ4n) is 9.75. The van der Waals surface area contributed by atoms with E-state index in [0.717, 1.165) is 44.3 Å². The molecule has 0 amide bonds. The topological polar surface area (TPSA) is 60.8 Å². The molecule has 1 saturated heterocycles. The first-order chi connectivity index (χ1) is 12.3. The van der Waals surface area contributed by atoms with Gasteiger partial charge in [0.15, 0.2) is 0 Å². The van der Waals surface area contributed by atoms with Crippen molar-refractivity contribution >= 4 is 5.78 Å². The smallest absolute Gasteiger partial charge is 0.140 e. The number of carbonyl (C=O) groups is 1. The molecule has 5 aliphatic carbocycles. The summed E-state index contributed by atoms with van der Waals surface area (Å²) in [6, 6.07) is 0.331. The van der Waals surface area contributed by atoms with Gasteiger partial charge in [-0.3, -0.25) is 9.69 Å². The minimum absolute atomic E-state index is 0.130. The molecule has 2 N–H and O–H groups in total. The van der Waals surface area contributed by atoms with Crippen LogP contribution in [0.1, 0.15) is 46.0 Å². The van der Waals surface area contributed by atoms with Crippen LogP contribution in [0.3, 0.4) is 0 Å². The normalized spacial score (nSPS) is 62.7. The van der Waals surface area contributed by atoms with Crippen LogP contribution in [-0.4, -0.2) is 52.2 Å². The first-order valence-corrected chi connectivity index (χ1v) is 10.6. The maximum absolute atomic E-state index is 13.0. The molecule has 1 aliphatic heterocycles. The number of hydrogen-bond donors (Lipinski definition) is 2. The van der Waals surface area contributed by atoms with E-state index < -0.39 is 6.10 Å². The van der Waals surface area contributed by atoms with Crippen molar-refractivity contribution in [3.63, 3.8) is 0 Å². The summed E-state index contributed by atoms with van der Waals surface area (Å²) in [5, 5.41) is 22.8. The Morgan fingerprint density at radius 1 is 1.31 bits per heavy atom. The van der Waals surface area contributed by atoms with E-state index in [4.69, 9.17) is 0 Å². The molecule has 6 fully saturated rings. The summed E-state index contributed by atoms with van der Waals surface area (Å²) in [6.45, 7) is 10.9. The van der Waals surface area contributed by atoms with E-state index in [-0.39, 0.29) is 40.0 Å². The van der Waals surface area contributed by atoms with E-state index in [1.54, 1.807) is 0 Å². The quantitative estimate of drug-likeness (QED) is 0.705. The van der Waals surface area contributed by atoms with E-state index in [1.807, 2.05) is 0 Å². The highest BCUT2D eigenvalue weighted by molar-refractivity contribution is 5.87. The third-order valence-corrected chi connectivity index (χ3v) is 10.4. The predicted octanol–water partition coefficient (Wildman–Crippen LogP) is 2.00. The van der Waals surface area contributed by atoms with Crippen molar-refractivity contribution in [2.45, 2.75) is 64.2 Å². The standard InChI is InChI=1S/C22H31NO3/c1-4-23-10-20(3)6-5-17(25)22-15(20)7-13(18(22)23)21-9-12(11(2)19(21)26)14(24)8-16(21)22/h12-13,15-19,25-26H,2,4-10H2,1,3H3/t12-,13+,15-,16-,17?,18+,19-,20+,21+,22?/m1/s1. The molecule has 7 bridgehead atoms. The number of aliphatic hydroxyl groups is 2. The highest BCUT2D eigenvalue weighted by atomic mass is 16.3. The molecule has 0 radical (unpaired) electrons. The van der Waals surface area contributed by atoms with Crippen LogP contribution in [0.5, 0.6) is 0 Å². The Morgan fingerprint density at radius 2 is 2.08 bits per heavy atom. The monoisotopic (exact) mass is 357 g/mol. The van der Waals surface area contributed by atoms with Gasteiger partial charge in [-0.15, -0.1) is 0 Å². The summed E-state index contributed by atoms with van der Waals surface area (Å²) in [6.07, 6.45) is 3.50. The Hall–Kier alpha value is -0.710. The number of ketones is 1. The molecular formula is C22H31NO3. The summed E-state index contributed by atoms with van der Waals surface area (Å²) < 4.78 is 0. The molecule has 5 saturated carbocycles. The van der Waals surface area contributed by atoms with Gasteiger partial charge in [0.1, 0.15) is 5.78 Å². The molecule has 26 heavy (non-hydrogen) atoms. The van der Waals surface area contributed by atoms with Crippen molar-refractivity contribution in [1.29, 1.82) is 0 Å². The molecule has 6 aliphatic rings. The lowest BCUT2D eigenvalue weighted by atomic mass is 9.43. The van der Waals surface area contributed by atoms with Gasteiger partial charge in [-0.2, -0.15) is 0 Å². The van der Waals surface area contributed by atoms with E-state index in [1.165, 1.54) is 0 Å². The number of rotatable bonds is 1. The summed E-state index contributed by atoms with van der Waals surface area (Å²) in [7, 11) is 0. The molecule has 0 aromatic heterocycles. The summed E-state index contributed by atoms with van der Waals surface area (Å²) >= 11 is 0. The number of aliphatic hydroxyl groups excluding tert-OH is 2. The SMILES string of the molecule is C=C1[C@H]2C[C@]3([C@@H]1O)[C@H]1C[C@H]4C5(C(O)CC[C@@]4(C)CN(CC)[C@@H]15)[C@@H]3CC2=O. The van der Waals surface area contributed by atoms with Crippen molar-refractivity contribution in [3.8, 4) is 0 Å². The Bertz CT molecular complexity index is 735. The van der Waals surface area contributed by atoms with Crippen molar-refractivity contribution in [3.05, 3.63) is 12.2 Å². The Morgan fingerprint density at radius 3 is 2.81 bits per heavy atom. The van der Waals surface area contributed by atoms with Crippen LogP contribution in [0.15, 0.2) is 12.2 Å². The lowest BCUT2D eigenvalue weighted by Crippen LogP contribution is -2.68. The maximum atomic E-state index is 13.0. The molecule has 4 heteroatoms. The van der Waals surface area contributed by atoms with E-state index >= 15 is 0 Å². The van der Waals surface area contributed by atoms with E-state index in [9.17, 15) is 15.0 Å². The zero-order valence-corrected chi connectivity index (χ0v) is 15.9. The molecule has 0 aromatic carbocycles. The zero-order valence-electron chi connectivity index (χ0n) is 15.9. The first kappa shape index (κ1) is 16.3. The fraction of sp³-hybridized carbons (Fsp3) is 0.864. The number of carbonyl (C=O) groups excluding carboxylic acids is 1. The Kier molecular flexibility index (Phi) is 2.80. The molecule has 2 spiro atoms. The molecular weight excluding hydrogens is 326 g/mol. The van der Waals surface area contributed by atoms with Crippen molar-refractivity contribution in [1.82, 2.24) is 4.90 Å². The molecule has 1 heterocycles. The van der Waals surface area contributed by atoms with Gasteiger partial charge < -0.3 is 10.2 Å². The van der Waals surface area contributed by atoms with Gasteiger partial charge in [0.25, 0.3) is 0 Å². The summed E-state index contributed by atoms with van der Waals surface area (Å²) in [5.41, 5.74) is 0.598. The van der Waals surface area contributed by atoms with Crippen molar-refractivity contribution in [2.75, 3.05) is 13.1 Å². The number of hydrogen-bond acceptors (Lipinski definition) is 4. The van der Waals surface area contributed by atoms with Crippen LogP contribution in [0.2, 0.25) is 0 Å². The van der Waals surface area contributed by atoms with Gasteiger partial charge >= 0.3 is 0 Å². The average Bonchev–Trinajstić information content (AvgIpc) is 3.14. The first-order valence-electron chi connectivity index (χ1n) is 10.6. The second-order valence-electron chi connectivity index (χ2n) is 10.7. The third-order valence-electron chi connectivity index (χ3n) is 10.4. The maximum Gasteiger partial charge on any atom is 0.140 e. The van der Waals surface area contributed by atoms with Crippen LogP contribution in [0.25, 0.3) is 0 Å². The second kappa shape index (κ2) is 4.47. The van der Waals surface area contributed by atoms with E-state index in [2.05, 4.69) is 25.3 Å². The highest BCUT2D eigenvalue weighted by Crippen LogP contribution is 2.83. The lowest BCUT2D eigenvalue weighted by molar-refractivity contribution is -0.211. The molecule has 2 unspecified atom stereocenters. The molecule has 142 valence electrons. The van der Waals surface area contributed by atoms with Gasteiger partial charge in [0.05, 0.1) is 12.2 Å². The van der Waals surface area contributed by atoms with Crippen molar-refractivity contribution < 1.29 is 15.0 Å². The van der Waals surface area contributed by atoms with E-state index in [0.29, 0.717) is 24.3 Å². The second-order valence-corrected chi connectivity index (χ2v) is 10.7. The van der Waals surface area contributed by atoms with Crippen molar-refractivity contribution in [2.24, 2.45) is 39.9 Å². The number of fused-ring (bicyclic) bond motifs is 1. The highest BCUT2D eigenvalue weighted by Gasteiger charge is 2.85. The Labute approximate surface area is 155 Å². The fourth-order valence-corrected chi connectivity index (χ4v) is 9.75. The molecule has 6 rings (SSSR count). The largest absolute Gasteiger partial charge is 0.392 e. The van der Waals surface area contributed by atoms with Crippen LogP contribution < -0.4 is 0 Å². The lowest BCUT2D eigenvalue weighted by Gasteiger charge is -2.65. The number of piperidine rings is 1. The van der Waals surface area contributed by atoms with Crippen LogP contribution in [0.4, 0.5) is 0 Å². The number of likely N-dealkylation sites (tertiary alicyclic amines) is 1. The van der Waals surface area contributed by atoms with Gasteiger partial charge in [-0.1, -0.05) is 20.4 Å². The van der Waals surface area contributed by atoms with Gasteiger partial charge in [-0.25, -0.2) is 0 Å². The van der Waals surface area contributed by atoms with Crippen LogP contribution in [0, 0.1) is 39.9 Å². The van der Waals surface area contributed by atoms with Crippen LogP contribution in [-0.2, 0) is 4.79 Å². The molecule has 10 atom stereocenters. The average molecular weight is 357 g/mol. The predicted molar refractivity (Wildman–Crippen MR) is 97.2 cm³/mol. The van der Waals surface area contributed by atoms with Gasteiger partial charge in [0, 0.05) is 35.8 Å². The number of Topliss-reactive ketones (excluding diaryl/α,β-unsaturated/α-hetero) is 1. The number of nitrogens with zero attached hydrogens (tertiary/aromatic N) is 1. The van der Waals surface area contributed by atoms with Gasteiger partial charge in [-0.05, 0) is 61.0 Å². The summed E-state index contributed by atoms with van der Waals surface area (Å²) in [5.74, 6) is 1.16. The minimum atomic E-state index is -0.561. The third kappa shape index (κ3) is 1.33. The minimum Gasteiger partial charge on any atom is -0.392 e. The Balaban J connectivity index is 1.62. The van der Waals surface area contributed by atoms with Gasteiger partial charge in [0.2, 0.25) is 0 Å². The molecule has 0 aromatic rings.